The summed E-state index contributed by atoms with van der Waals surface area (Å²) in [6.45, 7) is 2.68. The highest BCUT2D eigenvalue weighted by Crippen LogP contribution is 2.17. The van der Waals surface area contributed by atoms with Crippen LogP contribution in [0.5, 0.6) is 0 Å². The molecular weight excluding hydrogens is 226 g/mol. The van der Waals surface area contributed by atoms with Gasteiger partial charge >= 0.3 is 6.09 Å². The van der Waals surface area contributed by atoms with Crippen molar-refractivity contribution in [1.82, 2.24) is 5.32 Å². The van der Waals surface area contributed by atoms with Crippen LogP contribution in [0.4, 0.5) is 4.79 Å². The molecule has 0 bridgehead atoms. The number of ether oxygens (including phenoxy) is 1. The van der Waals surface area contributed by atoms with Gasteiger partial charge in [-0.15, -0.1) is 0 Å². The number of aryl methyl sites for hydroxylation is 1. The van der Waals surface area contributed by atoms with E-state index < -0.39 is 0 Å². The lowest BCUT2D eigenvalue weighted by Gasteiger charge is -2.06. The van der Waals surface area contributed by atoms with Crippen LogP contribution in [0.2, 0.25) is 0 Å². The summed E-state index contributed by atoms with van der Waals surface area (Å²) in [6, 6.07) is 12.8. The summed E-state index contributed by atoms with van der Waals surface area (Å²) < 4.78 is 4.52. The Bertz CT molecular complexity index is 563. The molecule has 1 amide bonds. The number of methoxy groups -OCH3 is 1. The van der Waals surface area contributed by atoms with Crippen molar-refractivity contribution >= 4 is 16.9 Å². The molecule has 0 aliphatic carbocycles. The number of amides is 1. The lowest BCUT2D eigenvalue weighted by molar-refractivity contribution is 0.171. The average Bonchev–Trinajstić information content (AvgIpc) is 2.38. The highest BCUT2D eigenvalue weighted by molar-refractivity contribution is 5.83. The Balaban J connectivity index is 2.06. The van der Waals surface area contributed by atoms with Crippen LogP contribution in [0.25, 0.3) is 10.8 Å². The van der Waals surface area contributed by atoms with Crippen molar-refractivity contribution in [1.29, 1.82) is 0 Å². The molecule has 0 unspecified atom stereocenters. The summed E-state index contributed by atoms with van der Waals surface area (Å²) >= 11 is 0. The molecule has 0 fully saturated rings. The molecule has 0 aliphatic heterocycles. The van der Waals surface area contributed by atoms with Gasteiger partial charge in [0, 0.05) is 6.54 Å². The number of carbonyl (C=O) groups excluding carboxylic acids is 1. The van der Waals surface area contributed by atoms with E-state index in [1.807, 2.05) is 0 Å². The maximum absolute atomic E-state index is 10.9. The monoisotopic (exact) mass is 243 g/mol. The molecule has 18 heavy (non-hydrogen) atoms. The second-order valence-electron chi connectivity index (χ2n) is 4.35. The van der Waals surface area contributed by atoms with Gasteiger partial charge in [-0.1, -0.05) is 42.0 Å². The zero-order chi connectivity index (χ0) is 13.0. The van der Waals surface area contributed by atoms with Gasteiger partial charge in [-0.2, -0.15) is 0 Å². The molecule has 0 radical (unpaired) electrons. The largest absolute Gasteiger partial charge is 0.453 e. The fourth-order valence-electron chi connectivity index (χ4n) is 1.95. The normalized spacial score (nSPS) is 10.3. The van der Waals surface area contributed by atoms with Crippen LogP contribution in [0, 0.1) is 6.92 Å². The number of alkyl carbamates (subject to hydrolysis) is 1. The Morgan fingerprint density at radius 1 is 1.17 bits per heavy atom. The molecule has 2 rings (SSSR count). The standard InChI is InChI=1S/C15H17NO2/c1-11-3-5-14-10-12(4-6-13(14)9-11)7-8-16-15(17)18-2/h3-6,9-10H,7-8H2,1-2H3,(H,16,17). The predicted octanol–water partition coefficient (Wildman–Crippen LogP) is 3.05. The van der Waals surface area contributed by atoms with Crippen LogP contribution in [-0.2, 0) is 11.2 Å². The molecule has 0 spiro atoms. The van der Waals surface area contributed by atoms with Crippen molar-refractivity contribution in [3.8, 4) is 0 Å². The van der Waals surface area contributed by atoms with Crippen molar-refractivity contribution in [2.45, 2.75) is 13.3 Å². The fraction of sp³-hybridized carbons (Fsp3) is 0.267. The van der Waals surface area contributed by atoms with E-state index >= 15 is 0 Å². The smallest absolute Gasteiger partial charge is 0.406 e. The van der Waals surface area contributed by atoms with Gasteiger partial charge in [-0.25, -0.2) is 4.79 Å². The van der Waals surface area contributed by atoms with Crippen LogP contribution in [0.3, 0.4) is 0 Å². The van der Waals surface area contributed by atoms with Crippen LogP contribution in [0.15, 0.2) is 36.4 Å². The molecule has 0 saturated heterocycles. The third-order valence-electron chi connectivity index (χ3n) is 2.93. The molecule has 0 heterocycles. The van der Waals surface area contributed by atoms with Crippen LogP contribution in [0.1, 0.15) is 11.1 Å². The van der Waals surface area contributed by atoms with E-state index in [4.69, 9.17) is 0 Å². The van der Waals surface area contributed by atoms with Crippen LogP contribution < -0.4 is 5.32 Å². The van der Waals surface area contributed by atoms with E-state index in [-0.39, 0.29) is 6.09 Å². The molecular formula is C15H17NO2. The van der Waals surface area contributed by atoms with E-state index in [9.17, 15) is 4.79 Å². The fourth-order valence-corrected chi connectivity index (χ4v) is 1.95. The summed E-state index contributed by atoms with van der Waals surface area (Å²) in [4.78, 5) is 10.9. The van der Waals surface area contributed by atoms with Gasteiger partial charge in [0.1, 0.15) is 0 Å². The van der Waals surface area contributed by atoms with Crippen molar-refractivity contribution in [2.75, 3.05) is 13.7 Å². The van der Waals surface area contributed by atoms with E-state index in [0.717, 1.165) is 6.42 Å². The number of carbonyl (C=O) groups is 1. The lowest BCUT2D eigenvalue weighted by atomic mass is 10.0. The average molecular weight is 243 g/mol. The number of fused-ring (bicyclic) bond motifs is 1. The molecule has 2 aromatic rings. The first-order valence-corrected chi connectivity index (χ1v) is 6.00. The summed E-state index contributed by atoms with van der Waals surface area (Å²) in [5.41, 5.74) is 2.48. The number of benzene rings is 2. The molecule has 2 aromatic carbocycles. The van der Waals surface area contributed by atoms with Gasteiger partial charge in [-0.05, 0) is 29.7 Å². The summed E-state index contributed by atoms with van der Waals surface area (Å²) in [5, 5.41) is 5.16. The SMILES string of the molecule is COC(=O)NCCc1ccc2cc(C)ccc2c1. The first-order valence-electron chi connectivity index (χ1n) is 6.00. The molecule has 0 atom stereocenters. The highest BCUT2D eigenvalue weighted by Gasteiger charge is 2.00. The Morgan fingerprint density at radius 3 is 2.67 bits per heavy atom. The number of nitrogens with one attached hydrogen (secondary N) is 1. The van der Waals surface area contributed by atoms with E-state index in [0.29, 0.717) is 6.54 Å². The molecule has 3 nitrogen and oxygen atoms in total. The predicted molar refractivity (Wildman–Crippen MR) is 72.8 cm³/mol. The zero-order valence-corrected chi connectivity index (χ0v) is 10.7. The first kappa shape index (κ1) is 12.4. The Morgan fingerprint density at radius 2 is 1.89 bits per heavy atom. The number of rotatable bonds is 3. The quantitative estimate of drug-likeness (QED) is 0.899. The van der Waals surface area contributed by atoms with Crippen molar-refractivity contribution in [3.05, 3.63) is 47.5 Å². The molecule has 0 aromatic heterocycles. The maximum Gasteiger partial charge on any atom is 0.406 e. The highest BCUT2D eigenvalue weighted by atomic mass is 16.5. The van der Waals surface area contributed by atoms with Crippen molar-refractivity contribution in [3.63, 3.8) is 0 Å². The van der Waals surface area contributed by atoms with Gasteiger partial charge in [0.2, 0.25) is 0 Å². The zero-order valence-electron chi connectivity index (χ0n) is 10.7. The number of hydrogen-bond donors (Lipinski definition) is 1. The number of hydrogen-bond acceptors (Lipinski definition) is 2. The molecule has 3 heteroatoms. The van der Waals surface area contributed by atoms with Gasteiger partial charge in [0.05, 0.1) is 7.11 Å². The molecule has 1 N–H and O–H groups in total. The van der Waals surface area contributed by atoms with Gasteiger partial charge in [0.25, 0.3) is 0 Å². The third-order valence-corrected chi connectivity index (χ3v) is 2.93. The minimum atomic E-state index is -0.383. The first-order chi connectivity index (χ1) is 8.69. The second-order valence-corrected chi connectivity index (χ2v) is 4.35. The van der Waals surface area contributed by atoms with Gasteiger partial charge in [-0.3, -0.25) is 0 Å². The Hall–Kier alpha value is -2.03. The van der Waals surface area contributed by atoms with Crippen LogP contribution in [-0.4, -0.2) is 19.7 Å². The summed E-state index contributed by atoms with van der Waals surface area (Å²) in [7, 11) is 1.37. The molecule has 94 valence electrons. The minimum absolute atomic E-state index is 0.383. The van der Waals surface area contributed by atoms with E-state index in [1.165, 1.54) is 29.0 Å². The van der Waals surface area contributed by atoms with E-state index in [2.05, 4.69) is 53.4 Å². The van der Waals surface area contributed by atoms with E-state index in [1.54, 1.807) is 0 Å². The third kappa shape index (κ3) is 3.00. The summed E-state index contributed by atoms with van der Waals surface area (Å²) in [6.07, 6.45) is 0.422. The Labute approximate surface area is 107 Å². The van der Waals surface area contributed by atoms with Crippen LogP contribution >= 0.6 is 0 Å². The van der Waals surface area contributed by atoms with Gasteiger partial charge in [0.15, 0.2) is 0 Å². The lowest BCUT2D eigenvalue weighted by Crippen LogP contribution is -2.25. The maximum atomic E-state index is 10.9. The summed E-state index contributed by atoms with van der Waals surface area (Å²) in [5.74, 6) is 0. The Kier molecular flexibility index (Phi) is 3.82. The second kappa shape index (κ2) is 5.54. The van der Waals surface area contributed by atoms with Gasteiger partial charge < -0.3 is 10.1 Å². The molecule has 0 saturated carbocycles. The minimum Gasteiger partial charge on any atom is -0.453 e. The topological polar surface area (TPSA) is 38.3 Å². The molecule has 0 aliphatic rings. The van der Waals surface area contributed by atoms with Crippen molar-refractivity contribution in [2.24, 2.45) is 0 Å². The van der Waals surface area contributed by atoms with Crippen molar-refractivity contribution < 1.29 is 9.53 Å².